The van der Waals surface area contributed by atoms with Crippen LogP contribution >= 0.6 is 0 Å². The molecule has 0 aliphatic heterocycles. The third kappa shape index (κ3) is 4.73. The number of ether oxygens (including phenoxy) is 1. The van der Waals surface area contributed by atoms with Crippen molar-refractivity contribution in [1.82, 2.24) is 5.32 Å². The van der Waals surface area contributed by atoms with Crippen LogP contribution in [0.5, 0.6) is 0 Å². The van der Waals surface area contributed by atoms with E-state index in [1.54, 1.807) is 6.92 Å². The number of carboxylic acids is 1. The third-order valence-electron chi connectivity index (χ3n) is 6.39. The number of alkyl carbamates (subject to hydrolysis) is 1. The number of amides is 2. The molecule has 3 aromatic rings. The minimum atomic E-state index is -1.41. The molecular weight excluding hydrogens is 451 g/mol. The number of anilines is 1. The van der Waals surface area contributed by atoms with Gasteiger partial charge in [0.05, 0.1) is 5.56 Å². The third-order valence-corrected chi connectivity index (χ3v) is 6.39. The number of nitrogens with one attached hydrogen (secondary N) is 2. The topological polar surface area (TPSA) is 105 Å². The molecule has 1 aliphatic rings. The minimum Gasteiger partial charge on any atom is -0.478 e. The largest absolute Gasteiger partial charge is 0.478 e. The van der Waals surface area contributed by atoms with Crippen LogP contribution in [0, 0.1) is 5.82 Å². The van der Waals surface area contributed by atoms with E-state index in [4.69, 9.17) is 9.84 Å². The highest BCUT2D eigenvalue weighted by Crippen LogP contribution is 2.44. The van der Waals surface area contributed by atoms with Gasteiger partial charge < -0.3 is 20.5 Å². The van der Waals surface area contributed by atoms with Gasteiger partial charge in [-0.2, -0.15) is 0 Å². The molecule has 0 radical (unpaired) electrons. The van der Waals surface area contributed by atoms with Crippen LogP contribution in [0.3, 0.4) is 0 Å². The molecule has 3 N–H and O–H groups in total. The monoisotopic (exact) mass is 476 g/mol. The molecule has 1 unspecified atom stereocenters. The van der Waals surface area contributed by atoms with Crippen LogP contribution < -0.4 is 10.6 Å². The maximum Gasteiger partial charge on any atom is 0.408 e. The van der Waals surface area contributed by atoms with Gasteiger partial charge in [0, 0.05) is 11.6 Å². The zero-order valence-corrected chi connectivity index (χ0v) is 19.3. The second-order valence-corrected chi connectivity index (χ2v) is 8.59. The maximum atomic E-state index is 14.0. The summed E-state index contributed by atoms with van der Waals surface area (Å²) >= 11 is 0. The molecule has 0 spiro atoms. The van der Waals surface area contributed by atoms with Gasteiger partial charge in [-0.1, -0.05) is 55.5 Å². The summed E-state index contributed by atoms with van der Waals surface area (Å²) in [5, 5.41) is 14.1. The number of benzene rings is 3. The van der Waals surface area contributed by atoms with E-state index in [1.807, 2.05) is 48.5 Å². The molecule has 0 saturated carbocycles. The molecule has 4 rings (SSSR count). The first-order valence-corrected chi connectivity index (χ1v) is 11.2. The van der Waals surface area contributed by atoms with Crippen molar-refractivity contribution in [3.8, 4) is 11.1 Å². The van der Waals surface area contributed by atoms with Crippen molar-refractivity contribution in [1.29, 1.82) is 0 Å². The summed E-state index contributed by atoms with van der Waals surface area (Å²) in [6.07, 6.45) is -0.516. The summed E-state index contributed by atoms with van der Waals surface area (Å²) < 4.78 is 19.5. The van der Waals surface area contributed by atoms with Crippen LogP contribution in [0.15, 0.2) is 66.7 Å². The zero-order chi connectivity index (χ0) is 25.2. The van der Waals surface area contributed by atoms with Gasteiger partial charge in [-0.25, -0.2) is 14.0 Å². The Hall–Kier alpha value is -4.20. The van der Waals surface area contributed by atoms with Gasteiger partial charge in [0.15, 0.2) is 0 Å². The van der Waals surface area contributed by atoms with Crippen LogP contribution in [0.4, 0.5) is 14.9 Å². The Morgan fingerprint density at radius 2 is 1.60 bits per heavy atom. The van der Waals surface area contributed by atoms with Gasteiger partial charge >= 0.3 is 12.1 Å². The lowest BCUT2D eigenvalue weighted by molar-refractivity contribution is -0.121. The molecule has 180 valence electrons. The Morgan fingerprint density at radius 3 is 2.14 bits per heavy atom. The smallest absolute Gasteiger partial charge is 0.408 e. The van der Waals surface area contributed by atoms with Crippen LogP contribution in [0.1, 0.15) is 47.7 Å². The number of rotatable bonds is 7. The lowest BCUT2D eigenvalue weighted by Crippen LogP contribution is -2.54. The highest BCUT2D eigenvalue weighted by atomic mass is 19.1. The van der Waals surface area contributed by atoms with E-state index in [2.05, 4.69) is 10.6 Å². The number of hydrogen-bond donors (Lipinski definition) is 3. The summed E-state index contributed by atoms with van der Waals surface area (Å²) in [6, 6.07) is 19.2. The molecule has 0 saturated heterocycles. The highest BCUT2D eigenvalue weighted by molar-refractivity contribution is 6.00. The Morgan fingerprint density at radius 1 is 1.00 bits per heavy atom. The molecule has 3 aromatic carbocycles. The first-order valence-electron chi connectivity index (χ1n) is 11.2. The fourth-order valence-corrected chi connectivity index (χ4v) is 4.20. The highest BCUT2D eigenvalue weighted by Gasteiger charge is 2.35. The Balaban J connectivity index is 1.42. The van der Waals surface area contributed by atoms with E-state index < -0.39 is 34.9 Å². The first-order chi connectivity index (χ1) is 16.7. The number of fused-ring (bicyclic) bond motifs is 3. The number of halogens is 1. The Bertz CT molecular complexity index is 1260. The molecule has 35 heavy (non-hydrogen) atoms. The van der Waals surface area contributed by atoms with Crippen molar-refractivity contribution in [2.75, 3.05) is 11.9 Å². The van der Waals surface area contributed by atoms with Crippen molar-refractivity contribution in [2.24, 2.45) is 0 Å². The number of carbonyl (C=O) groups is 3. The summed E-state index contributed by atoms with van der Waals surface area (Å²) in [5.41, 5.74) is 2.59. The molecule has 1 aliphatic carbocycles. The number of hydrogen-bond acceptors (Lipinski definition) is 4. The molecule has 0 fully saturated rings. The molecule has 0 aromatic heterocycles. The van der Waals surface area contributed by atoms with Crippen LogP contribution in [0.2, 0.25) is 0 Å². The van der Waals surface area contributed by atoms with Crippen LogP contribution in [0.25, 0.3) is 11.1 Å². The van der Waals surface area contributed by atoms with E-state index in [1.165, 1.54) is 13.0 Å². The Labute approximate surface area is 201 Å². The van der Waals surface area contributed by atoms with Gasteiger partial charge in [0.25, 0.3) is 0 Å². The van der Waals surface area contributed by atoms with Gasteiger partial charge in [0.1, 0.15) is 18.0 Å². The van der Waals surface area contributed by atoms with Crippen molar-refractivity contribution < 1.29 is 28.6 Å². The van der Waals surface area contributed by atoms with Crippen LogP contribution in [-0.2, 0) is 9.53 Å². The SMILES string of the molecule is CCC(C)(NC(=O)OCC1c2ccccc2-c2ccccc21)C(=O)Nc1ccc(C(=O)O)c(F)c1. The molecule has 2 amide bonds. The number of aromatic carboxylic acids is 1. The van der Waals surface area contributed by atoms with Gasteiger partial charge in [-0.05, 0) is 53.8 Å². The first kappa shape index (κ1) is 23.9. The predicted octanol–water partition coefficient (Wildman–Crippen LogP) is 5.17. The fourth-order valence-electron chi connectivity index (χ4n) is 4.20. The second kappa shape index (κ2) is 9.58. The Kier molecular flexibility index (Phi) is 6.55. The summed E-state index contributed by atoms with van der Waals surface area (Å²) in [6.45, 7) is 3.35. The average Bonchev–Trinajstić information content (AvgIpc) is 3.16. The zero-order valence-electron chi connectivity index (χ0n) is 19.3. The molecule has 0 heterocycles. The molecule has 8 heteroatoms. The summed E-state index contributed by atoms with van der Waals surface area (Å²) in [5.74, 6) is -3.09. The van der Waals surface area contributed by atoms with E-state index in [0.717, 1.165) is 34.4 Å². The van der Waals surface area contributed by atoms with Gasteiger partial charge in [-0.15, -0.1) is 0 Å². The van der Waals surface area contributed by atoms with Crippen molar-refractivity contribution in [2.45, 2.75) is 31.7 Å². The predicted molar refractivity (Wildman–Crippen MR) is 129 cm³/mol. The second-order valence-electron chi connectivity index (χ2n) is 8.59. The van der Waals surface area contributed by atoms with Crippen molar-refractivity contribution >= 4 is 23.7 Å². The van der Waals surface area contributed by atoms with E-state index in [9.17, 15) is 18.8 Å². The maximum absolute atomic E-state index is 14.0. The number of carboxylic acid groups (broad SMARTS) is 1. The van der Waals surface area contributed by atoms with E-state index >= 15 is 0 Å². The van der Waals surface area contributed by atoms with Crippen molar-refractivity contribution in [3.05, 3.63) is 89.2 Å². The quantitative estimate of drug-likeness (QED) is 0.436. The normalized spacial score (nSPS) is 13.8. The average molecular weight is 477 g/mol. The lowest BCUT2D eigenvalue weighted by atomic mass is 9.97. The minimum absolute atomic E-state index is 0.0755. The summed E-state index contributed by atoms with van der Waals surface area (Å²) in [7, 11) is 0. The lowest BCUT2D eigenvalue weighted by Gasteiger charge is -2.28. The fraction of sp³-hybridized carbons (Fsp3) is 0.222. The summed E-state index contributed by atoms with van der Waals surface area (Å²) in [4.78, 5) is 36.6. The number of carbonyl (C=O) groups excluding carboxylic acids is 2. The molecular formula is C27H25FN2O5. The molecule has 0 bridgehead atoms. The van der Waals surface area contributed by atoms with E-state index in [0.29, 0.717) is 0 Å². The van der Waals surface area contributed by atoms with Gasteiger partial charge in [-0.3, -0.25) is 4.79 Å². The van der Waals surface area contributed by atoms with Gasteiger partial charge in [0.2, 0.25) is 5.91 Å². The standard InChI is InChI=1S/C27H25FN2O5/c1-3-27(2,25(33)29-16-12-13-21(24(31)32)23(28)14-16)30-26(34)35-15-22-19-10-6-4-8-17(19)18-9-5-7-11-20(18)22/h4-14,22H,3,15H2,1-2H3,(H,29,33)(H,30,34)(H,31,32). The molecule has 1 atom stereocenters. The van der Waals surface area contributed by atoms with E-state index in [-0.39, 0.29) is 24.6 Å². The molecule has 7 nitrogen and oxygen atoms in total. The van der Waals surface area contributed by atoms with Crippen molar-refractivity contribution in [3.63, 3.8) is 0 Å². The van der Waals surface area contributed by atoms with Crippen LogP contribution in [-0.4, -0.2) is 35.2 Å².